The van der Waals surface area contributed by atoms with Crippen molar-refractivity contribution in [3.8, 4) is 0 Å². The Balaban J connectivity index is 1.84. The van der Waals surface area contributed by atoms with Gasteiger partial charge in [-0.3, -0.25) is 9.69 Å². The molecule has 1 rings (SSSR count). The van der Waals surface area contributed by atoms with Gasteiger partial charge in [-0.25, -0.2) is 0 Å². The van der Waals surface area contributed by atoms with Crippen LogP contribution >= 0.6 is 0 Å². The van der Waals surface area contributed by atoms with Crippen molar-refractivity contribution < 1.29 is 15.0 Å². The molecule has 0 amide bonds. The number of likely N-dealkylation sites (tertiary alicyclic amines) is 1. The van der Waals surface area contributed by atoms with Crippen molar-refractivity contribution in [2.45, 2.75) is 115 Å². The molecule has 1 fully saturated rings. The van der Waals surface area contributed by atoms with Gasteiger partial charge in [-0.2, -0.15) is 0 Å². The van der Waals surface area contributed by atoms with Gasteiger partial charge in [0.05, 0.1) is 6.10 Å². The van der Waals surface area contributed by atoms with Crippen LogP contribution < -0.4 is 0 Å². The van der Waals surface area contributed by atoms with E-state index in [1.165, 1.54) is 83.5 Å². The number of rotatable bonds is 16. The average molecular weight is 356 g/mol. The highest BCUT2D eigenvalue weighted by Crippen LogP contribution is 2.19. The van der Waals surface area contributed by atoms with Gasteiger partial charge in [0.25, 0.3) is 0 Å². The van der Waals surface area contributed by atoms with Crippen molar-refractivity contribution in [1.82, 2.24) is 4.90 Å². The molecule has 4 heteroatoms. The number of hydrogen-bond donors (Lipinski definition) is 2. The molecule has 1 heterocycles. The van der Waals surface area contributed by atoms with Crippen LogP contribution in [-0.2, 0) is 4.79 Å². The Morgan fingerprint density at radius 2 is 1.28 bits per heavy atom. The van der Waals surface area contributed by atoms with E-state index in [-0.39, 0.29) is 0 Å². The van der Waals surface area contributed by atoms with Gasteiger partial charge < -0.3 is 10.2 Å². The van der Waals surface area contributed by atoms with Crippen molar-refractivity contribution in [3.05, 3.63) is 0 Å². The van der Waals surface area contributed by atoms with Crippen LogP contribution in [-0.4, -0.2) is 46.3 Å². The predicted molar refractivity (Wildman–Crippen MR) is 104 cm³/mol. The summed E-state index contributed by atoms with van der Waals surface area (Å²) < 4.78 is 0. The fourth-order valence-corrected chi connectivity index (χ4v) is 3.89. The summed E-state index contributed by atoms with van der Waals surface area (Å²) in [5, 5.41) is 18.8. The number of hydrogen-bond acceptors (Lipinski definition) is 3. The van der Waals surface area contributed by atoms with Crippen molar-refractivity contribution >= 4 is 5.97 Å². The zero-order valence-corrected chi connectivity index (χ0v) is 16.4. The Labute approximate surface area is 155 Å². The second-order valence-electron chi connectivity index (χ2n) is 7.83. The average Bonchev–Trinajstić information content (AvgIpc) is 2.96. The van der Waals surface area contributed by atoms with E-state index in [4.69, 9.17) is 5.11 Å². The van der Waals surface area contributed by atoms with E-state index in [0.29, 0.717) is 13.0 Å². The molecule has 2 atom stereocenters. The Hall–Kier alpha value is -0.610. The zero-order chi connectivity index (χ0) is 18.3. The number of unbranched alkanes of at least 4 members (excludes halogenated alkanes) is 13. The molecule has 0 unspecified atom stereocenters. The Morgan fingerprint density at radius 1 is 0.840 bits per heavy atom. The molecule has 2 N–H and O–H groups in total. The smallest absolute Gasteiger partial charge is 0.321 e. The maximum Gasteiger partial charge on any atom is 0.321 e. The molecule has 4 nitrogen and oxygen atoms in total. The van der Waals surface area contributed by atoms with Crippen LogP contribution in [0, 0.1) is 0 Å². The minimum atomic E-state index is -0.790. The first-order valence-corrected chi connectivity index (χ1v) is 10.8. The van der Waals surface area contributed by atoms with Crippen molar-refractivity contribution in [1.29, 1.82) is 0 Å². The lowest BCUT2D eigenvalue weighted by Crippen LogP contribution is -2.36. The maximum atomic E-state index is 11.2. The first-order chi connectivity index (χ1) is 12.1. The highest BCUT2D eigenvalue weighted by Gasteiger charge is 2.35. The number of carboxylic acids is 1. The third-order valence-corrected chi connectivity index (χ3v) is 5.47. The van der Waals surface area contributed by atoms with Crippen LogP contribution in [0.1, 0.15) is 103 Å². The third kappa shape index (κ3) is 10.9. The molecular formula is C21H41NO3. The van der Waals surface area contributed by atoms with E-state index in [1.54, 1.807) is 0 Å². The fraction of sp³-hybridized carbons (Fsp3) is 0.952. The van der Waals surface area contributed by atoms with Crippen LogP contribution in [0.15, 0.2) is 0 Å². The summed E-state index contributed by atoms with van der Waals surface area (Å²) >= 11 is 0. The molecule has 0 aliphatic carbocycles. The van der Waals surface area contributed by atoms with Gasteiger partial charge in [0.2, 0.25) is 0 Å². The highest BCUT2D eigenvalue weighted by molar-refractivity contribution is 5.74. The van der Waals surface area contributed by atoms with Gasteiger partial charge in [-0.15, -0.1) is 0 Å². The van der Waals surface area contributed by atoms with Gasteiger partial charge in [0.1, 0.15) is 6.04 Å². The molecule has 0 aromatic rings. The molecule has 0 aromatic heterocycles. The first kappa shape index (κ1) is 22.4. The van der Waals surface area contributed by atoms with Crippen molar-refractivity contribution in [2.75, 3.05) is 13.1 Å². The number of β-amino-alcohol motifs (C(OH)–C–C–N with tert-alkyl or cyclic N) is 1. The number of carbonyl (C=O) groups is 1. The molecule has 0 saturated carbocycles. The lowest BCUT2D eigenvalue weighted by molar-refractivity contribution is -0.142. The summed E-state index contributed by atoms with van der Waals surface area (Å²) in [6.45, 7) is 3.60. The topological polar surface area (TPSA) is 60.8 Å². The monoisotopic (exact) mass is 355 g/mol. The largest absolute Gasteiger partial charge is 0.480 e. The van der Waals surface area contributed by atoms with Gasteiger partial charge in [-0.05, 0) is 13.0 Å². The lowest BCUT2D eigenvalue weighted by atomic mass is 10.0. The van der Waals surface area contributed by atoms with Crippen LogP contribution in [0.4, 0.5) is 0 Å². The van der Waals surface area contributed by atoms with E-state index >= 15 is 0 Å². The molecular weight excluding hydrogens is 314 g/mol. The SMILES string of the molecule is CCCCCCCCCCCCCCCCN1C[C@H](O)C[C@H]1C(=O)O. The Morgan fingerprint density at radius 3 is 1.72 bits per heavy atom. The molecule has 25 heavy (non-hydrogen) atoms. The van der Waals surface area contributed by atoms with E-state index in [2.05, 4.69) is 6.92 Å². The summed E-state index contributed by atoms with van der Waals surface area (Å²) in [7, 11) is 0. The van der Waals surface area contributed by atoms with Gasteiger partial charge in [0, 0.05) is 13.0 Å². The Bertz CT molecular complexity index is 335. The third-order valence-electron chi connectivity index (χ3n) is 5.47. The summed E-state index contributed by atoms with van der Waals surface area (Å²) in [4.78, 5) is 13.1. The Kier molecular flexibility index (Phi) is 13.1. The van der Waals surface area contributed by atoms with Crippen LogP contribution in [0.2, 0.25) is 0 Å². The molecule has 1 saturated heterocycles. The second-order valence-corrected chi connectivity index (χ2v) is 7.83. The fourth-order valence-electron chi connectivity index (χ4n) is 3.89. The minimum absolute atomic E-state index is 0.383. The van der Waals surface area contributed by atoms with Crippen LogP contribution in [0.3, 0.4) is 0 Å². The number of carboxylic acid groups (broad SMARTS) is 1. The molecule has 1 aliphatic heterocycles. The molecule has 148 valence electrons. The number of aliphatic carboxylic acids is 1. The predicted octanol–water partition coefficient (Wildman–Crippen LogP) is 4.99. The van der Waals surface area contributed by atoms with E-state index in [0.717, 1.165) is 13.0 Å². The molecule has 0 aromatic carbocycles. The van der Waals surface area contributed by atoms with Gasteiger partial charge in [0.15, 0.2) is 0 Å². The van der Waals surface area contributed by atoms with Crippen LogP contribution in [0.25, 0.3) is 0 Å². The molecule has 0 radical (unpaired) electrons. The summed E-state index contributed by atoms with van der Waals surface area (Å²) in [6, 6.07) is -0.475. The van der Waals surface area contributed by atoms with Crippen molar-refractivity contribution in [2.24, 2.45) is 0 Å². The van der Waals surface area contributed by atoms with E-state index < -0.39 is 18.1 Å². The van der Waals surface area contributed by atoms with Crippen LogP contribution in [0.5, 0.6) is 0 Å². The highest BCUT2D eigenvalue weighted by atomic mass is 16.4. The molecule has 0 spiro atoms. The number of aliphatic hydroxyl groups is 1. The molecule has 0 bridgehead atoms. The summed E-state index contributed by atoms with van der Waals surface area (Å²) in [6.07, 6.45) is 18.6. The standard InChI is InChI=1S/C21H41NO3/c1-2-3-4-5-6-7-8-9-10-11-12-13-14-15-16-22-18-19(23)17-20(22)21(24)25/h19-20,23H,2-18H2,1H3,(H,24,25)/t19-,20+/m1/s1. The lowest BCUT2D eigenvalue weighted by Gasteiger charge is -2.20. The van der Waals surface area contributed by atoms with Crippen molar-refractivity contribution in [3.63, 3.8) is 0 Å². The van der Waals surface area contributed by atoms with E-state index in [1.807, 2.05) is 4.90 Å². The number of aliphatic hydroxyl groups excluding tert-OH is 1. The maximum absolute atomic E-state index is 11.2. The van der Waals surface area contributed by atoms with E-state index in [9.17, 15) is 9.90 Å². The number of nitrogens with zero attached hydrogens (tertiary/aromatic N) is 1. The summed E-state index contributed by atoms with van der Waals surface area (Å²) in [5.41, 5.74) is 0. The normalized spacial score (nSPS) is 21.0. The minimum Gasteiger partial charge on any atom is -0.480 e. The van der Waals surface area contributed by atoms with Gasteiger partial charge in [-0.1, -0.05) is 90.4 Å². The zero-order valence-electron chi connectivity index (χ0n) is 16.4. The quantitative estimate of drug-likeness (QED) is 0.383. The second kappa shape index (κ2) is 14.5. The molecule has 1 aliphatic rings. The summed E-state index contributed by atoms with van der Waals surface area (Å²) in [5.74, 6) is -0.790. The first-order valence-electron chi connectivity index (χ1n) is 10.8. The van der Waals surface area contributed by atoms with Gasteiger partial charge >= 0.3 is 5.97 Å².